The van der Waals surface area contributed by atoms with Gasteiger partial charge in [0.05, 0.1) is 11.4 Å². The highest BCUT2D eigenvalue weighted by Crippen LogP contribution is 2.28. The zero-order valence-electron chi connectivity index (χ0n) is 10.3. The van der Waals surface area contributed by atoms with Gasteiger partial charge in [0, 0.05) is 16.1 Å². The van der Waals surface area contributed by atoms with E-state index in [9.17, 15) is 0 Å². The second kappa shape index (κ2) is 4.86. The summed E-state index contributed by atoms with van der Waals surface area (Å²) in [7, 11) is 0. The Morgan fingerprint density at radius 3 is 3.00 bits per heavy atom. The molecular formula is C14H16BrN3. The molecule has 1 aliphatic heterocycles. The lowest BCUT2D eigenvalue weighted by Gasteiger charge is -2.05. The summed E-state index contributed by atoms with van der Waals surface area (Å²) in [6.45, 7) is 3.22. The molecule has 1 atom stereocenters. The Morgan fingerprint density at radius 1 is 1.33 bits per heavy atom. The minimum absolute atomic E-state index is 0.443. The molecule has 1 fully saturated rings. The number of halogens is 1. The molecule has 2 aromatic rings. The predicted octanol–water partition coefficient (Wildman–Crippen LogP) is 3.57. The predicted molar refractivity (Wildman–Crippen MR) is 76.4 cm³/mol. The highest BCUT2D eigenvalue weighted by molar-refractivity contribution is 9.10. The Bertz CT molecular complexity index is 556. The van der Waals surface area contributed by atoms with Gasteiger partial charge in [0.25, 0.3) is 0 Å². The Kier molecular flexibility index (Phi) is 3.22. The lowest BCUT2D eigenvalue weighted by Crippen LogP contribution is -2.12. The summed E-state index contributed by atoms with van der Waals surface area (Å²) >= 11 is 3.52. The molecular weight excluding hydrogens is 290 g/mol. The van der Waals surface area contributed by atoms with E-state index in [2.05, 4.69) is 62.6 Å². The SMILES string of the molecule is Cc1ccc(Br)cc1-c1cc(C2CCCN2)[nH]n1. The molecule has 3 nitrogen and oxygen atoms in total. The molecule has 18 heavy (non-hydrogen) atoms. The molecule has 0 aliphatic carbocycles. The summed E-state index contributed by atoms with van der Waals surface area (Å²) in [5, 5.41) is 11.1. The van der Waals surface area contributed by atoms with Gasteiger partial charge in [-0.2, -0.15) is 5.10 Å². The number of hydrogen-bond donors (Lipinski definition) is 2. The van der Waals surface area contributed by atoms with E-state index in [1.807, 2.05) is 0 Å². The highest BCUT2D eigenvalue weighted by Gasteiger charge is 2.19. The zero-order chi connectivity index (χ0) is 12.5. The second-order valence-electron chi connectivity index (χ2n) is 4.82. The molecule has 0 radical (unpaired) electrons. The number of H-pyrrole nitrogens is 1. The molecule has 2 N–H and O–H groups in total. The molecule has 3 rings (SSSR count). The first-order chi connectivity index (χ1) is 8.74. The molecule has 1 aromatic carbocycles. The number of aryl methyl sites for hydroxylation is 1. The van der Waals surface area contributed by atoms with Gasteiger partial charge in [-0.25, -0.2) is 0 Å². The van der Waals surface area contributed by atoms with E-state index in [1.165, 1.54) is 29.7 Å². The highest BCUT2D eigenvalue weighted by atomic mass is 79.9. The van der Waals surface area contributed by atoms with Crippen LogP contribution in [0.2, 0.25) is 0 Å². The van der Waals surface area contributed by atoms with Crippen molar-refractivity contribution in [2.75, 3.05) is 6.54 Å². The molecule has 94 valence electrons. The third-order valence-corrected chi connectivity index (χ3v) is 4.00. The topological polar surface area (TPSA) is 40.7 Å². The van der Waals surface area contributed by atoms with E-state index >= 15 is 0 Å². The van der Waals surface area contributed by atoms with Gasteiger partial charge in [-0.05, 0) is 50.1 Å². The number of hydrogen-bond acceptors (Lipinski definition) is 2. The average Bonchev–Trinajstić information content (AvgIpc) is 3.00. The molecule has 0 bridgehead atoms. The fourth-order valence-corrected chi connectivity index (χ4v) is 2.83. The van der Waals surface area contributed by atoms with Crippen LogP contribution < -0.4 is 5.32 Å². The van der Waals surface area contributed by atoms with Crippen molar-refractivity contribution in [1.82, 2.24) is 15.5 Å². The maximum absolute atomic E-state index is 4.45. The van der Waals surface area contributed by atoms with E-state index in [4.69, 9.17) is 0 Å². The van der Waals surface area contributed by atoms with Crippen LogP contribution in [0.15, 0.2) is 28.7 Å². The molecule has 0 spiro atoms. The lowest BCUT2D eigenvalue weighted by atomic mass is 10.0. The van der Waals surface area contributed by atoms with Crippen LogP contribution in [0.25, 0.3) is 11.3 Å². The maximum atomic E-state index is 4.45. The second-order valence-corrected chi connectivity index (χ2v) is 5.73. The smallest absolute Gasteiger partial charge is 0.0927 e. The molecule has 0 amide bonds. The third-order valence-electron chi connectivity index (χ3n) is 3.51. The fourth-order valence-electron chi connectivity index (χ4n) is 2.47. The van der Waals surface area contributed by atoms with Crippen molar-refractivity contribution in [1.29, 1.82) is 0 Å². The number of nitrogens with one attached hydrogen (secondary N) is 2. The molecule has 1 saturated heterocycles. The van der Waals surface area contributed by atoms with E-state index in [1.54, 1.807) is 0 Å². The normalized spacial score (nSPS) is 19.3. The summed E-state index contributed by atoms with van der Waals surface area (Å²) in [6.07, 6.45) is 2.44. The maximum Gasteiger partial charge on any atom is 0.0927 e. The number of aromatic amines is 1. The van der Waals surface area contributed by atoms with Crippen LogP contribution in [0.1, 0.15) is 30.1 Å². The molecule has 2 heterocycles. The van der Waals surface area contributed by atoms with E-state index < -0.39 is 0 Å². The van der Waals surface area contributed by atoms with E-state index in [0.717, 1.165) is 16.7 Å². The number of rotatable bonds is 2. The van der Waals surface area contributed by atoms with Crippen molar-refractivity contribution in [2.45, 2.75) is 25.8 Å². The summed E-state index contributed by atoms with van der Waals surface area (Å²) in [5.74, 6) is 0. The van der Waals surface area contributed by atoms with Crippen LogP contribution in [0.3, 0.4) is 0 Å². The van der Waals surface area contributed by atoms with E-state index in [-0.39, 0.29) is 0 Å². The average molecular weight is 306 g/mol. The largest absolute Gasteiger partial charge is 0.309 e. The summed E-state index contributed by atoms with van der Waals surface area (Å²) in [4.78, 5) is 0. The zero-order valence-corrected chi connectivity index (χ0v) is 11.9. The fraction of sp³-hybridized carbons (Fsp3) is 0.357. The number of aromatic nitrogens is 2. The van der Waals surface area contributed by atoms with E-state index in [0.29, 0.717) is 6.04 Å². The standard InChI is InChI=1S/C14H16BrN3/c1-9-4-5-10(15)7-11(9)13-8-14(18-17-13)12-3-2-6-16-12/h4-5,7-8,12,16H,2-3,6H2,1H3,(H,17,18). The Balaban J connectivity index is 1.94. The molecule has 1 unspecified atom stereocenters. The van der Waals surface area contributed by atoms with Gasteiger partial charge in [-0.1, -0.05) is 22.0 Å². The first-order valence-corrected chi connectivity index (χ1v) is 7.08. The molecule has 1 aliphatic rings. The van der Waals surface area contributed by atoms with Crippen LogP contribution in [-0.2, 0) is 0 Å². The minimum atomic E-state index is 0.443. The Labute approximate surface area is 115 Å². The quantitative estimate of drug-likeness (QED) is 0.890. The molecule has 1 aromatic heterocycles. The van der Waals surface area contributed by atoms with Gasteiger partial charge in [-0.15, -0.1) is 0 Å². The van der Waals surface area contributed by atoms with Crippen molar-refractivity contribution in [3.8, 4) is 11.3 Å². The van der Waals surface area contributed by atoms with Gasteiger partial charge >= 0.3 is 0 Å². The summed E-state index contributed by atoms with van der Waals surface area (Å²) in [5.41, 5.74) is 4.65. The van der Waals surface area contributed by atoms with Crippen molar-refractivity contribution < 1.29 is 0 Å². The summed E-state index contributed by atoms with van der Waals surface area (Å²) < 4.78 is 1.09. The lowest BCUT2D eigenvalue weighted by molar-refractivity contribution is 0.625. The van der Waals surface area contributed by atoms with Crippen LogP contribution in [0.5, 0.6) is 0 Å². The van der Waals surface area contributed by atoms with Crippen molar-refractivity contribution in [3.05, 3.63) is 40.0 Å². The number of benzene rings is 1. The van der Waals surface area contributed by atoms with Crippen LogP contribution in [-0.4, -0.2) is 16.7 Å². The van der Waals surface area contributed by atoms with Crippen molar-refractivity contribution in [2.24, 2.45) is 0 Å². The van der Waals surface area contributed by atoms with Crippen molar-refractivity contribution >= 4 is 15.9 Å². The number of nitrogens with zero attached hydrogens (tertiary/aromatic N) is 1. The first-order valence-electron chi connectivity index (χ1n) is 6.29. The van der Waals surface area contributed by atoms with Gasteiger partial charge in [-0.3, -0.25) is 5.10 Å². The Hall–Kier alpha value is -1.13. The minimum Gasteiger partial charge on any atom is -0.309 e. The van der Waals surface area contributed by atoms with Crippen LogP contribution in [0, 0.1) is 6.92 Å². The van der Waals surface area contributed by atoms with Crippen LogP contribution >= 0.6 is 15.9 Å². The first kappa shape index (κ1) is 11.9. The molecule has 0 saturated carbocycles. The molecule has 4 heteroatoms. The van der Waals surface area contributed by atoms with Gasteiger partial charge in [0.1, 0.15) is 0 Å². The van der Waals surface area contributed by atoms with Gasteiger partial charge < -0.3 is 5.32 Å². The van der Waals surface area contributed by atoms with Crippen molar-refractivity contribution in [3.63, 3.8) is 0 Å². The van der Waals surface area contributed by atoms with Gasteiger partial charge in [0.15, 0.2) is 0 Å². The third kappa shape index (κ3) is 2.22. The summed E-state index contributed by atoms with van der Waals surface area (Å²) in [6, 6.07) is 8.90. The Morgan fingerprint density at radius 2 is 2.22 bits per heavy atom. The monoisotopic (exact) mass is 305 g/mol. The van der Waals surface area contributed by atoms with Gasteiger partial charge in [0.2, 0.25) is 0 Å². The van der Waals surface area contributed by atoms with Crippen LogP contribution in [0.4, 0.5) is 0 Å².